The number of Topliss-reactive ketones (excluding diaryl/α,β-unsaturated/α-hetero) is 3. The van der Waals surface area contributed by atoms with Crippen molar-refractivity contribution in [3.05, 3.63) is 0 Å². The summed E-state index contributed by atoms with van der Waals surface area (Å²) in [5.74, 6) is 2.43. The van der Waals surface area contributed by atoms with Gasteiger partial charge in [-0.25, -0.2) is 0 Å². The minimum atomic E-state index is -0.686. The van der Waals surface area contributed by atoms with Gasteiger partial charge in [0.1, 0.15) is 17.3 Å². The van der Waals surface area contributed by atoms with Crippen molar-refractivity contribution in [2.45, 2.75) is 65.2 Å². The molecule has 4 fully saturated rings. The molecule has 0 radical (unpaired) electrons. The number of rotatable bonds is 0. The van der Waals surface area contributed by atoms with Gasteiger partial charge in [0, 0.05) is 25.7 Å². The normalized spacial score (nSPS) is 51.3. The van der Waals surface area contributed by atoms with Crippen LogP contribution < -0.4 is 0 Å². The maximum absolute atomic E-state index is 12.9. The average Bonchev–Trinajstić information content (AvgIpc) is 2.79. The smallest absolute Gasteiger partial charge is 0.146 e. The molecule has 0 aromatic rings. The van der Waals surface area contributed by atoms with Gasteiger partial charge in [-0.15, -0.1) is 0 Å². The molecule has 0 spiro atoms. The van der Waals surface area contributed by atoms with Crippen LogP contribution in [0.25, 0.3) is 0 Å². The van der Waals surface area contributed by atoms with Crippen molar-refractivity contribution < 1.29 is 14.4 Å². The van der Waals surface area contributed by atoms with Crippen molar-refractivity contribution in [2.75, 3.05) is 0 Å². The van der Waals surface area contributed by atoms with Gasteiger partial charge < -0.3 is 0 Å². The number of carbonyl (C=O) groups is 3. The van der Waals surface area contributed by atoms with E-state index < -0.39 is 5.41 Å². The van der Waals surface area contributed by atoms with E-state index in [1.54, 1.807) is 0 Å². The molecule has 22 heavy (non-hydrogen) atoms. The molecule has 4 saturated carbocycles. The Morgan fingerprint density at radius 1 is 0.864 bits per heavy atom. The molecule has 0 unspecified atom stereocenters. The van der Waals surface area contributed by atoms with Crippen molar-refractivity contribution in [3.63, 3.8) is 0 Å². The number of ketones is 3. The summed E-state index contributed by atoms with van der Waals surface area (Å²) in [5.41, 5.74) is -0.547. The molecule has 0 amide bonds. The maximum atomic E-state index is 12.9. The van der Waals surface area contributed by atoms with E-state index in [4.69, 9.17) is 0 Å². The first-order chi connectivity index (χ1) is 10.4. The highest BCUT2D eigenvalue weighted by molar-refractivity contribution is 6.09. The number of hydrogen-bond acceptors (Lipinski definition) is 3. The Morgan fingerprint density at radius 2 is 1.64 bits per heavy atom. The predicted octanol–water partition coefficient (Wildman–Crippen LogP) is 3.35. The molecule has 3 heteroatoms. The Labute approximate surface area is 132 Å². The SMILES string of the molecule is C[C@@]12C(=O)CC[C@H]1[C@@H]1CC[C@H]3CC(=O)CC[C@]3(C)[C@H]1CC2=O. The zero-order valence-electron chi connectivity index (χ0n) is 13.7. The van der Waals surface area contributed by atoms with Gasteiger partial charge in [0.25, 0.3) is 0 Å². The van der Waals surface area contributed by atoms with Crippen LogP contribution in [-0.4, -0.2) is 17.3 Å². The Morgan fingerprint density at radius 3 is 2.41 bits per heavy atom. The number of carbonyl (C=O) groups excluding carboxylic acids is 3. The third-order valence-electron chi connectivity index (χ3n) is 8.07. The van der Waals surface area contributed by atoms with Gasteiger partial charge in [-0.3, -0.25) is 14.4 Å². The van der Waals surface area contributed by atoms with E-state index in [9.17, 15) is 14.4 Å². The Bertz CT molecular complexity index is 565. The topological polar surface area (TPSA) is 51.2 Å². The first-order valence-corrected chi connectivity index (χ1v) is 8.95. The van der Waals surface area contributed by atoms with E-state index in [2.05, 4.69) is 6.92 Å². The lowest BCUT2D eigenvalue weighted by Crippen LogP contribution is -2.56. The standard InChI is InChI=1S/C19H26O3/c1-18-8-7-12(20)9-11(18)3-4-13-14-5-6-16(21)19(14,2)17(22)10-15(13)18/h11,13-15H,3-10H2,1-2H3/t11-,13-,14-,15-,18-,19-/m0/s1. The molecule has 4 aliphatic rings. The fraction of sp³-hybridized carbons (Fsp3) is 0.842. The molecule has 0 heterocycles. The second-order valence-electron chi connectivity index (χ2n) is 8.69. The van der Waals surface area contributed by atoms with Crippen LogP contribution in [-0.2, 0) is 14.4 Å². The van der Waals surface area contributed by atoms with Crippen LogP contribution in [0.2, 0.25) is 0 Å². The molecule has 6 atom stereocenters. The lowest BCUT2D eigenvalue weighted by molar-refractivity contribution is -0.158. The van der Waals surface area contributed by atoms with Gasteiger partial charge >= 0.3 is 0 Å². The van der Waals surface area contributed by atoms with Crippen molar-refractivity contribution in [2.24, 2.45) is 34.5 Å². The van der Waals surface area contributed by atoms with E-state index in [1.807, 2.05) is 6.92 Å². The minimum absolute atomic E-state index is 0.138. The van der Waals surface area contributed by atoms with E-state index >= 15 is 0 Å². The fourth-order valence-electron chi connectivity index (χ4n) is 6.55. The summed E-state index contributed by atoms with van der Waals surface area (Å²) >= 11 is 0. The highest BCUT2D eigenvalue weighted by Crippen LogP contribution is 2.64. The number of fused-ring (bicyclic) bond motifs is 5. The molecule has 4 aliphatic carbocycles. The molecular formula is C19H26O3. The third-order valence-corrected chi connectivity index (χ3v) is 8.07. The highest BCUT2D eigenvalue weighted by atomic mass is 16.2. The van der Waals surface area contributed by atoms with Crippen molar-refractivity contribution in [1.82, 2.24) is 0 Å². The average molecular weight is 302 g/mol. The summed E-state index contributed by atoms with van der Waals surface area (Å²) in [6.45, 7) is 4.25. The summed E-state index contributed by atoms with van der Waals surface area (Å²) < 4.78 is 0. The molecule has 120 valence electrons. The minimum Gasteiger partial charge on any atom is -0.300 e. The quantitative estimate of drug-likeness (QED) is 0.645. The molecule has 3 nitrogen and oxygen atoms in total. The molecule has 0 aromatic carbocycles. The van der Waals surface area contributed by atoms with E-state index in [-0.39, 0.29) is 22.9 Å². The summed E-state index contributed by atoms with van der Waals surface area (Å²) in [6.07, 6.45) is 6.64. The lowest BCUT2D eigenvalue weighted by atomic mass is 9.45. The van der Waals surface area contributed by atoms with E-state index in [1.165, 1.54) is 0 Å². The zero-order valence-corrected chi connectivity index (χ0v) is 13.7. The first-order valence-electron chi connectivity index (χ1n) is 8.95. The molecule has 0 bridgehead atoms. The van der Waals surface area contributed by atoms with Crippen LogP contribution in [0.1, 0.15) is 65.2 Å². The fourth-order valence-corrected chi connectivity index (χ4v) is 6.55. The van der Waals surface area contributed by atoms with Crippen molar-refractivity contribution in [1.29, 1.82) is 0 Å². The van der Waals surface area contributed by atoms with Crippen molar-refractivity contribution in [3.8, 4) is 0 Å². The molecule has 0 N–H and O–H groups in total. The van der Waals surface area contributed by atoms with Gasteiger partial charge in [-0.2, -0.15) is 0 Å². The van der Waals surface area contributed by atoms with E-state index in [0.29, 0.717) is 42.8 Å². The molecule has 0 aliphatic heterocycles. The van der Waals surface area contributed by atoms with Crippen molar-refractivity contribution >= 4 is 17.3 Å². The largest absolute Gasteiger partial charge is 0.300 e. The van der Waals surface area contributed by atoms with Gasteiger partial charge in [-0.1, -0.05) is 6.92 Å². The molecule has 0 aromatic heterocycles. The Hall–Kier alpha value is -0.990. The summed E-state index contributed by atoms with van der Waals surface area (Å²) in [6, 6.07) is 0. The Kier molecular flexibility index (Phi) is 3.00. The second kappa shape index (κ2) is 4.52. The van der Waals surface area contributed by atoms with E-state index in [0.717, 1.165) is 32.1 Å². The second-order valence-corrected chi connectivity index (χ2v) is 8.69. The van der Waals surface area contributed by atoms with Gasteiger partial charge in [0.15, 0.2) is 0 Å². The molecule has 4 rings (SSSR count). The Balaban J connectivity index is 1.71. The molecular weight excluding hydrogens is 276 g/mol. The monoisotopic (exact) mass is 302 g/mol. The van der Waals surface area contributed by atoms with Crippen LogP contribution in [0.5, 0.6) is 0 Å². The lowest BCUT2D eigenvalue weighted by Gasteiger charge is -2.58. The molecule has 0 saturated heterocycles. The van der Waals surface area contributed by atoms with Gasteiger partial charge in [0.2, 0.25) is 0 Å². The van der Waals surface area contributed by atoms with Crippen LogP contribution in [0, 0.1) is 34.5 Å². The summed E-state index contributed by atoms with van der Waals surface area (Å²) in [5, 5.41) is 0. The highest BCUT2D eigenvalue weighted by Gasteiger charge is 2.63. The van der Waals surface area contributed by atoms with Crippen LogP contribution in [0.15, 0.2) is 0 Å². The maximum Gasteiger partial charge on any atom is 0.146 e. The summed E-state index contributed by atoms with van der Waals surface area (Å²) in [7, 11) is 0. The summed E-state index contributed by atoms with van der Waals surface area (Å²) in [4.78, 5) is 37.1. The van der Waals surface area contributed by atoms with Crippen LogP contribution in [0.3, 0.4) is 0 Å². The predicted molar refractivity (Wildman–Crippen MR) is 82.1 cm³/mol. The first kappa shape index (κ1) is 14.6. The van der Waals surface area contributed by atoms with Gasteiger partial charge in [0.05, 0.1) is 5.41 Å². The zero-order chi connectivity index (χ0) is 15.7. The van der Waals surface area contributed by atoms with Gasteiger partial charge in [-0.05, 0) is 61.7 Å². The number of hydrogen-bond donors (Lipinski definition) is 0. The van der Waals surface area contributed by atoms with Crippen LogP contribution in [0.4, 0.5) is 0 Å². The third kappa shape index (κ3) is 1.66. The van der Waals surface area contributed by atoms with Crippen LogP contribution >= 0.6 is 0 Å².